The fourth-order valence-corrected chi connectivity index (χ4v) is 2.51. The Bertz CT molecular complexity index is 580. The lowest BCUT2D eigenvalue weighted by molar-refractivity contribution is 0.105. The van der Waals surface area contributed by atoms with Gasteiger partial charge >= 0.3 is 0 Å². The Morgan fingerprint density at radius 2 is 2.19 bits per heavy atom. The van der Waals surface area contributed by atoms with Crippen molar-refractivity contribution in [2.24, 2.45) is 5.92 Å². The van der Waals surface area contributed by atoms with Crippen LogP contribution >= 0.6 is 11.6 Å². The molecule has 0 fully saturated rings. The number of nitrogens with zero attached hydrogens (tertiary/aromatic N) is 3. The normalized spacial score (nSPS) is 11.7. The van der Waals surface area contributed by atoms with Crippen molar-refractivity contribution in [1.82, 2.24) is 14.5 Å². The molecule has 0 saturated heterocycles. The van der Waals surface area contributed by atoms with Crippen molar-refractivity contribution in [2.75, 3.05) is 19.1 Å². The van der Waals surface area contributed by atoms with Crippen LogP contribution in [0.4, 0.5) is 0 Å². The zero-order valence-corrected chi connectivity index (χ0v) is 13.9. The third kappa shape index (κ3) is 4.17. The second-order valence-electron chi connectivity index (χ2n) is 5.74. The molecule has 0 aliphatic heterocycles. The highest BCUT2D eigenvalue weighted by Crippen LogP contribution is 2.18. The summed E-state index contributed by atoms with van der Waals surface area (Å²) in [4.78, 5) is 9.19. The summed E-state index contributed by atoms with van der Waals surface area (Å²) in [5.74, 6) is 2.17. The monoisotopic (exact) mass is 309 g/mol. The second-order valence-corrected chi connectivity index (χ2v) is 6.12. The minimum absolute atomic E-state index is 0.576. The minimum atomic E-state index is 0.576. The molecule has 0 aliphatic rings. The van der Waals surface area contributed by atoms with Gasteiger partial charge in [0.15, 0.2) is 5.65 Å². The van der Waals surface area contributed by atoms with Crippen LogP contribution in [0.2, 0.25) is 0 Å². The van der Waals surface area contributed by atoms with Gasteiger partial charge in [0.1, 0.15) is 11.3 Å². The average Bonchev–Trinajstić information content (AvgIpc) is 2.78. The molecule has 2 aromatic rings. The summed E-state index contributed by atoms with van der Waals surface area (Å²) in [7, 11) is 0. The van der Waals surface area contributed by atoms with E-state index in [1.165, 1.54) is 0 Å². The Labute approximate surface area is 131 Å². The van der Waals surface area contributed by atoms with E-state index in [9.17, 15) is 0 Å². The maximum Gasteiger partial charge on any atom is 0.160 e. The highest BCUT2D eigenvalue weighted by molar-refractivity contribution is 6.17. The van der Waals surface area contributed by atoms with E-state index in [0.29, 0.717) is 11.8 Å². The number of hydrogen-bond acceptors (Lipinski definition) is 3. The van der Waals surface area contributed by atoms with Crippen LogP contribution in [-0.4, -0.2) is 33.6 Å². The third-order valence-electron chi connectivity index (χ3n) is 3.35. The minimum Gasteiger partial charge on any atom is -0.381 e. The van der Waals surface area contributed by atoms with E-state index in [2.05, 4.69) is 30.3 Å². The summed E-state index contributed by atoms with van der Waals surface area (Å²) >= 11 is 5.90. The number of aryl methyl sites for hydroxylation is 3. The summed E-state index contributed by atoms with van der Waals surface area (Å²) in [6, 6.07) is 2.00. The lowest BCUT2D eigenvalue weighted by atomic mass is 10.2. The molecule has 0 amide bonds. The smallest absolute Gasteiger partial charge is 0.160 e. The first-order valence-corrected chi connectivity index (χ1v) is 8.11. The summed E-state index contributed by atoms with van der Waals surface area (Å²) in [5, 5.41) is 0. The van der Waals surface area contributed by atoms with Crippen molar-refractivity contribution in [3.63, 3.8) is 0 Å². The summed E-state index contributed by atoms with van der Waals surface area (Å²) in [5.41, 5.74) is 3.10. The molecule has 0 radical (unpaired) electrons. The van der Waals surface area contributed by atoms with Crippen LogP contribution in [0.25, 0.3) is 11.2 Å². The van der Waals surface area contributed by atoms with Gasteiger partial charge in [0.05, 0.1) is 0 Å². The lowest BCUT2D eigenvalue weighted by Gasteiger charge is -2.09. The molecule has 0 spiro atoms. The van der Waals surface area contributed by atoms with Gasteiger partial charge in [-0.2, -0.15) is 0 Å². The molecule has 0 aliphatic carbocycles. The molecule has 0 N–H and O–H groups in total. The summed E-state index contributed by atoms with van der Waals surface area (Å²) in [6.07, 6.45) is 3.57. The van der Waals surface area contributed by atoms with Crippen LogP contribution < -0.4 is 0 Å². The van der Waals surface area contributed by atoms with Crippen molar-refractivity contribution in [1.29, 1.82) is 0 Å². The molecule has 116 valence electrons. The van der Waals surface area contributed by atoms with Crippen molar-refractivity contribution >= 4 is 22.8 Å². The molecule has 0 unspecified atom stereocenters. The molecule has 0 saturated carbocycles. The van der Waals surface area contributed by atoms with Gasteiger partial charge in [-0.15, -0.1) is 11.6 Å². The number of hydrogen-bond donors (Lipinski definition) is 0. The number of fused-ring (bicyclic) bond motifs is 1. The second kappa shape index (κ2) is 7.76. The van der Waals surface area contributed by atoms with Gasteiger partial charge in [0, 0.05) is 38.3 Å². The van der Waals surface area contributed by atoms with E-state index in [-0.39, 0.29) is 0 Å². The van der Waals surface area contributed by atoms with Crippen LogP contribution in [0.3, 0.4) is 0 Å². The van der Waals surface area contributed by atoms with E-state index in [1.54, 1.807) is 0 Å². The number of alkyl halides is 1. The Kier molecular flexibility index (Phi) is 6.00. The van der Waals surface area contributed by atoms with E-state index in [1.807, 2.05) is 12.3 Å². The standard InChI is InChI=1S/C16H24ClN3O/c1-12(2)11-21-10-4-9-20-14(5-7-17)19-15-13(3)6-8-18-16(15)20/h6,8,12H,4-5,7,9-11H2,1-3H3. The van der Waals surface area contributed by atoms with E-state index in [4.69, 9.17) is 21.3 Å². The molecule has 0 aromatic carbocycles. The molecule has 2 heterocycles. The molecule has 2 rings (SSSR count). The van der Waals surface area contributed by atoms with Crippen LogP contribution in [-0.2, 0) is 17.7 Å². The Morgan fingerprint density at radius 1 is 1.38 bits per heavy atom. The molecular weight excluding hydrogens is 286 g/mol. The van der Waals surface area contributed by atoms with E-state index >= 15 is 0 Å². The molecule has 5 heteroatoms. The van der Waals surface area contributed by atoms with Crippen LogP contribution in [0.1, 0.15) is 31.7 Å². The maximum atomic E-state index is 5.90. The van der Waals surface area contributed by atoms with Gasteiger partial charge in [-0.1, -0.05) is 13.8 Å². The fraction of sp³-hybridized carbons (Fsp3) is 0.625. The van der Waals surface area contributed by atoms with Gasteiger partial charge in [-0.25, -0.2) is 9.97 Å². The first-order chi connectivity index (χ1) is 10.1. The lowest BCUT2D eigenvalue weighted by Crippen LogP contribution is -2.09. The number of rotatable bonds is 8. The summed E-state index contributed by atoms with van der Waals surface area (Å²) < 4.78 is 7.83. The van der Waals surface area contributed by atoms with Crippen LogP contribution in [0, 0.1) is 12.8 Å². The number of imidazole rings is 1. The Balaban J connectivity index is 2.09. The van der Waals surface area contributed by atoms with Crippen molar-refractivity contribution in [3.05, 3.63) is 23.7 Å². The van der Waals surface area contributed by atoms with Crippen LogP contribution in [0.5, 0.6) is 0 Å². The number of aromatic nitrogens is 3. The van der Waals surface area contributed by atoms with Gasteiger partial charge < -0.3 is 9.30 Å². The fourth-order valence-electron chi connectivity index (χ4n) is 2.34. The quantitative estimate of drug-likeness (QED) is 0.552. The predicted octanol–water partition coefficient (Wildman–Crippen LogP) is 3.58. The first kappa shape index (κ1) is 16.2. The third-order valence-corrected chi connectivity index (χ3v) is 3.54. The SMILES string of the molecule is Cc1ccnc2c1nc(CCCl)n2CCCOCC(C)C. The molecule has 2 aromatic heterocycles. The summed E-state index contributed by atoms with van der Waals surface area (Å²) in [6.45, 7) is 8.85. The van der Waals surface area contributed by atoms with E-state index < -0.39 is 0 Å². The highest BCUT2D eigenvalue weighted by atomic mass is 35.5. The van der Waals surface area contributed by atoms with Crippen LogP contribution in [0.15, 0.2) is 12.3 Å². The Hall–Kier alpha value is -1.13. The molecule has 21 heavy (non-hydrogen) atoms. The molecular formula is C16H24ClN3O. The zero-order chi connectivity index (χ0) is 15.2. The number of ether oxygens (including phenoxy) is 1. The van der Waals surface area contributed by atoms with Crippen molar-refractivity contribution in [2.45, 2.75) is 40.2 Å². The van der Waals surface area contributed by atoms with Gasteiger partial charge in [-0.3, -0.25) is 0 Å². The average molecular weight is 310 g/mol. The molecule has 0 atom stereocenters. The van der Waals surface area contributed by atoms with E-state index in [0.717, 1.165) is 55.2 Å². The maximum absolute atomic E-state index is 5.90. The predicted molar refractivity (Wildman–Crippen MR) is 87.0 cm³/mol. The largest absolute Gasteiger partial charge is 0.381 e. The molecule has 4 nitrogen and oxygen atoms in total. The van der Waals surface area contributed by atoms with Gasteiger partial charge in [-0.05, 0) is 30.9 Å². The van der Waals surface area contributed by atoms with Crippen molar-refractivity contribution in [3.8, 4) is 0 Å². The molecule has 0 bridgehead atoms. The highest BCUT2D eigenvalue weighted by Gasteiger charge is 2.12. The number of halogens is 1. The number of pyridine rings is 1. The Morgan fingerprint density at radius 3 is 2.90 bits per heavy atom. The van der Waals surface area contributed by atoms with Gasteiger partial charge in [0.25, 0.3) is 0 Å². The van der Waals surface area contributed by atoms with Crippen molar-refractivity contribution < 1.29 is 4.74 Å². The first-order valence-electron chi connectivity index (χ1n) is 7.58. The van der Waals surface area contributed by atoms with Gasteiger partial charge in [0.2, 0.25) is 0 Å². The topological polar surface area (TPSA) is 39.9 Å². The zero-order valence-electron chi connectivity index (χ0n) is 13.1.